The van der Waals surface area contributed by atoms with E-state index in [0.29, 0.717) is 13.0 Å². The van der Waals surface area contributed by atoms with Gasteiger partial charge in [-0.25, -0.2) is 4.18 Å². The van der Waals surface area contributed by atoms with Gasteiger partial charge in [0.05, 0.1) is 19.8 Å². The Labute approximate surface area is 350 Å². The Balaban J connectivity index is 2.49. The summed E-state index contributed by atoms with van der Waals surface area (Å²) in [5, 5.41) is 30.6. The molecule has 12 nitrogen and oxygen atoms in total. The summed E-state index contributed by atoms with van der Waals surface area (Å²) in [4.78, 5) is 12.8. The van der Waals surface area contributed by atoms with Crippen LogP contribution >= 0.6 is 0 Å². The van der Waals surface area contributed by atoms with Gasteiger partial charge in [-0.3, -0.25) is 9.35 Å². The van der Waals surface area contributed by atoms with E-state index in [1.807, 2.05) is 0 Å². The second-order valence-electron chi connectivity index (χ2n) is 14.9. The van der Waals surface area contributed by atoms with Crippen molar-refractivity contribution in [3.63, 3.8) is 0 Å². The van der Waals surface area contributed by atoms with Gasteiger partial charge >= 0.3 is 16.4 Å². The maximum atomic E-state index is 12.8. The van der Waals surface area contributed by atoms with Crippen molar-refractivity contribution in [3.05, 3.63) is 60.8 Å². The van der Waals surface area contributed by atoms with Gasteiger partial charge in [0.1, 0.15) is 30.5 Å². The smallest absolute Gasteiger partial charge is 0.397 e. The molecule has 0 aliphatic carbocycles. The number of aliphatic hydroxyl groups excluding tert-OH is 3. The monoisotopic (exact) mass is 843 g/mol. The molecular formula is C45H78O12S. The standard InChI is InChI=1S/C45H78O12S/c1-3-5-7-9-11-13-15-17-19-21-23-25-27-29-31-33-35-53-37-39(38-54-45-43(49)44(57-58(50,51)52)42(48)40(36-46)56-45)55-41(47)34-32-30-28-26-24-22-20-18-16-14-12-10-8-6-4-2/h5,7,11,13,17-20,23,25,39-40,42-46,48-49H,3-4,6,8-10,12,14-16,21-22,24,26-38H2,1-2H3,(H,50,51,52)/b7-5-,13-11-,19-17-,20-18-,25-23-. The third kappa shape index (κ3) is 29.9. The zero-order valence-corrected chi connectivity index (χ0v) is 36.4. The van der Waals surface area contributed by atoms with Gasteiger partial charge in [0, 0.05) is 13.0 Å². The predicted molar refractivity (Wildman–Crippen MR) is 229 cm³/mol. The Morgan fingerprint density at radius 3 is 1.76 bits per heavy atom. The highest BCUT2D eigenvalue weighted by Gasteiger charge is 2.48. The topological polar surface area (TPSA) is 178 Å². The third-order valence-electron chi connectivity index (χ3n) is 9.62. The van der Waals surface area contributed by atoms with Gasteiger partial charge in [0.15, 0.2) is 6.29 Å². The molecule has 13 heteroatoms. The van der Waals surface area contributed by atoms with Gasteiger partial charge in [0.25, 0.3) is 0 Å². The molecule has 4 N–H and O–H groups in total. The summed E-state index contributed by atoms with van der Waals surface area (Å²) >= 11 is 0. The number of rotatable bonds is 37. The fraction of sp³-hybridized carbons (Fsp3) is 0.756. The highest BCUT2D eigenvalue weighted by molar-refractivity contribution is 7.80. The van der Waals surface area contributed by atoms with Gasteiger partial charge < -0.3 is 34.3 Å². The molecule has 6 atom stereocenters. The number of hydrogen-bond donors (Lipinski definition) is 4. The molecule has 0 radical (unpaired) electrons. The van der Waals surface area contributed by atoms with Crippen LogP contribution in [0.5, 0.6) is 0 Å². The Morgan fingerprint density at radius 2 is 1.19 bits per heavy atom. The minimum atomic E-state index is -5.07. The van der Waals surface area contributed by atoms with E-state index in [1.54, 1.807) is 0 Å². The van der Waals surface area contributed by atoms with Crippen LogP contribution in [0.4, 0.5) is 0 Å². The zero-order valence-electron chi connectivity index (χ0n) is 35.6. The fourth-order valence-electron chi connectivity index (χ4n) is 6.30. The van der Waals surface area contributed by atoms with E-state index in [9.17, 15) is 28.5 Å². The average molecular weight is 843 g/mol. The van der Waals surface area contributed by atoms with E-state index in [1.165, 1.54) is 38.5 Å². The number of aliphatic hydroxyl groups is 3. The summed E-state index contributed by atoms with van der Waals surface area (Å²) in [5.74, 6) is -0.422. The molecule has 0 aromatic carbocycles. The molecule has 6 unspecified atom stereocenters. The van der Waals surface area contributed by atoms with Crippen LogP contribution in [0.3, 0.4) is 0 Å². The molecule has 0 aromatic heterocycles. The first kappa shape index (κ1) is 53.8. The van der Waals surface area contributed by atoms with Crippen molar-refractivity contribution < 1.29 is 56.2 Å². The Hall–Kier alpha value is -2.20. The molecular weight excluding hydrogens is 765 g/mol. The van der Waals surface area contributed by atoms with Crippen LogP contribution in [-0.4, -0.2) is 97.5 Å². The normalized spacial score (nSPS) is 21.1. The van der Waals surface area contributed by atoms with E-state index in [0.717, 1.165) is 89.9 Å². The van der Waals surface area contributed by atoms with Crippen molar-refractivity contribution in [2.24, 2.45) is 0 Å². The van der Waals surface area contributed by atoms with Gasteiger partial charge in [0.2, 0.25) is 0 Å². The highest BCUT2D eigenvalue weighted by atomic mass is 32.3. The molecule has 1 rings (SSSR count). The SMILES string of the molecule is CC/C=C\C/C=C\C/C=C\C/C=C\CCCCCOCC(COC1OC(CO)C(O)C(OS(=O)(=O)O)C1O)OC(=O)CCCCCCC/C=C\CCCCCCCC. The summed E-state index contributed by atoms with van der Waals surface area (Å²) in [5.41, 5.74) is 0. The lowest BCUT2D eigenvalue weighted by molar-refractivity contribution is -0.301. The fourth-order valence-corrected chi connectivity index (χ4v) is 6.81. The van der Waals surface area contributed by atoms with Crippen LogP contribution in [-0.2, 0) is 38.3 Å². The molecule has 1 saturated heterocycles. The summed E-state index contributed by atoms with van der Waals surface area (Å²) in [6, 6.07) is 0. The summed E-state index contributed by atoms with van der Waals surface area (Å²) in [7, 11) is -5.07. The first-order valence-electron chi connectivity index (χ1n) is 22.0. The van der Waals surface area contributed by atoms with Crippen molar-refractivity contribution in [2.45, 2.75) is 192 Å². The zero-order chi connectivity index (χ0) is 42.5. The first-order chi connectivity index (χ1) is 28.1. The average Bonchev–Trinajstić information content (AvgIpc) is 3.19. The third-order valence-corrected chi connectivity index (χ3v) is 10.1. The molecule has 0 amide bonds. The molecule has 1 heterocycles. The molecule has 1 fully saturated rings. The first-order valence-corrected chi connectivity index (χ1v) is 23.4. The van der Waals surface area contributed by atoms with Gasteiger partial charge in [-0.1, -0.05) is 132 Å². The van der Waals surface area contributed by atoms with Gasteiger partial charge in [-0.05, 0) is 77.0 Å². The van der Waals surface area contributed by atoms with E-state index in [2.05, 4.69) is 78.8 Å². The molecule has 0 spiro atoms. The number of carbonyl (C=O) groups excluding carboxylic acids is 1. The molecule has 0 saturated carbocycles. The second-order valence-corrected chi connectivity index (χ2v) is 15.9. The highest BCUT2D eigenvalue weighted by Crippen LogP contribution is 2.26. The number of esters is 1. The molecule has 336 valence electrons. The van der Waals surface area contributed by atoms with Crippen molar-refractivity contribution in [2.75, 3.05) is 26.4 Å². The molecule has 1 aliphatic heterocycles. The number of unbranched alkanes of at least 4 members (excludes halogenated alkanes) is 14. The Kier molecular flexibility index (Phi) is 34.0. The van der Waals surface area contributed by atoms with Crippen LogP contribution in [0.15, 0.2) is 60.8 Å². The van der Waals surface area contributed by atoms with E-state index in [4.69, 9.17) is 23.5 Å². The maximum absolute atomic E-state index is 12.8. The molecule has 1 aliphatic rings. The van der Waals surface area contributed by atoms with E-state index >= 15 is 0 Å². The van der Waals surface area contributed by atoms with Crippen LogP contribution in [0.2, 0.25) is 0 Å². The van der Waals surface area contributed by atoms with Crippen molar-refractivity contribution in [1.82, 2.24) is 0 Å². The molecule has 0 aromatic rings. The van der Waals surface area contributed by atoms with Crippen molar-refractivity contribution >= 4 is 16.4 Å². The second kappa shape index (κ2) is 36.6. The minimum absolute atomic E-state index is 0.00873. The molecule has 58 heavy (non-hydrogen) atoms. The van der Waals surface area contributed by atoms with Gasteiger partial charge in [-0.2, -0.15) is 8.42 Å². The van der Waals surface area contributed by atoms with Crippen LogP contribution in [0.25, 0.3) is 0 Å². The summed E-state index contributed by atoms with van der Waals surface area (Å²) in [6.07, 6.45) is 35.4. The summed E-state index contributed by atoms with van der Waals surface area (Å²) in [6.45, 7) is 3.76. The van der Waals surface area contributed by atoms with Crippen molar-refractivity contribution in [3.8, 4) is 0 Å². The maximum Gasteiger partial charge on any atom is 0.397 e. The lowest BCUT2D eigenvalue weighted by atomic mass is 9.99. The minimum Gasteiger partial charge on any atom is -0.457 e. The van der Waals surface area contributed by atoms with Crippen LogP contribution < -0.4 is 0 Å². The van der Waals surface area contributed by atoms with Crippen LogP contribution in [0.1, 0.15) is 155 Å². The van der Waals surface area contributed by atoms with E-state index in [-0.39, 0.29) is 19.6 Å². The Bertz CT molecular complexity index is 1250. The number of allylic oxidation sites excluding steroid dienone is 10. The number of hydrogen-bond acceptors (Lipinski definition) is 11. The van der Waals surface area contributed by atoms with Gasteiger partial charge in [-0.15, -0.1) is 0 Å². The van der Waals surface area contributed by atoms with Crippen LogP contribution in [0, 0.1) is 0 Å². The lowest BCUT2D eigenvalue weighted by Gasteiger charge is -2.41. The largest absolute Gasteiger partial charge is 0.457 e. The van der Waals surface area contributed by atoms with E-state index < -0.39 is 59.8 Å². The summed E-state index contributed by atoms with van der Waals surface area (Å²) < 4.78 is 58.9. The van der Waals surface area contributed by atoms with Crippen molar-refractivity contribution in [1.29, 1.82) is 0 Å². The molecule has 0 bridgehead atoms. The lowest BCUT2D eigenvalue weighted by Crippen LogP contribution is -2.60. The Morgan fingerprint density at radius 1 is 0.672 bits per heavy atom. The number of ether oxygens (including phenoxy) is 4. The number of carbonyl (C=O) groups is 1. The predicted octanol–water partition coefficient (Wildman–Crippen LogP) is 8.96. The quantitative estimate of drug-likeness (QED) is 0.0202.